The maximum atomic E-state index is 12.9. The monoisotopic (exact) mass is 937 g/mol. The van der Waals surface area contributed by atoms with Crippen LogP contribution in [0.15, 0.2) is 60.8 Å². The van der Waals surface area contributed by atoms with Crippen LogP contribution in [0.5, 0.6) is 0 Å². The van der Waals surface area contributed by atoms with Crippen molar-refractivity contribution in [3.8, 4) is 0 Å². The number of allylic oxidation sites excluding steroid dienone is 10. The number of carbonyl (C=O) groups is 3. The van der Waals surface area contributed by atoms with E-state index in [1.54, 1.807) is 0 Å². The Kier molecular flexibility index (Phi) is 53.3. The van der Waals surface area contributed by atoms with Crippen LogP contribution in [-0.2, 0) is 28.6 Å². The molecule has 0 aliphatic carbocycles. The van der Waals surface area contributed by atoms with Crippen LogP contribution in [0.2, 0.25) is 0 Å². The fraction of sp³-hybridized carbons (Fsp3) is 0.787. The van der Waals surface area contributed by atoms with Crippen LogP contribution in [0, 0.1) is 0 Å². The molecular weight excluding hydrogens is 829 g/mol. The first-order chi connectivity index (χ1) is 33.0. The fourth-order valence-electron chi connectivity index (χ4n) is 8.09. The van der Waals surface area contributed by atoms with Gasteiger partial charge >= 0.3 is 17.9 Å². The molecule has 6 nitrogen and oxygen atoms in total. The summed E-state index contributed by atoms with van der Waals surface area (Å²) in [6, 6.07) is 0. The highest BCUT2D eigenvalue weighted by molar-refractivity contribution is 5.71. The Morgan fingerprint density at radius 2 is 0.567 bits per heavy atom. The average Bonchev–Trinajstić information content (AvgIpc) is 3.33. The molecule has 0 aliphatic heterocycles. The molecule has 0 aromatic heterocycles. The minimum atomic E-state index is -0.785. The standard InChI is InChI=1S/C61H108O6/c1-4-7-10-13-16-19-22-25-27-29-31-33-36-39-42-45-48-51-54-60(63)66-57-58(56-65-59(62)53-50-47-44-41-38-35-24-21-18-15-12-9-6-3)67-61(64)55-52-49-46-43-40-37-34-32-30-28-26-23-20-17-14-11-8-5-2/h12,15,19,21-22,24,27-30,58H,4-11,13-14,16-18,20,23,25-26,31-57H2,1-3H3/b15-12-,22-19-,24-21-,29-27-,30-28-. The third-order valence-electron chi connectivity index (χ3n) is 12.4. The molecule has 0 aromatic rings. The molecule has 0 aromatic carbocycles. The Morgan fingerprint density at radius 3 is 0.910 bits per heavy atom. The fourth-order valence-corrected chi connectivity index (χ4v) is 8.09. The normalized spacial score (nSPS) is 12.5. The van der Waals surface area contributed by atoms with Crippen LogP contribution in [0.3, 0.4) is 0 Å². The van der Waals surface area contributed by atoms with Crippen molar-refractivity contribution in [2.45, 2.75) is 297 Å². The molecule has 0 heterocycles. The topological polar surface area (TPSA) is 78.9 Å². The highest BCUT2D eigenvalue weighted by atomic mass is 16.6. The summed E-state index contributed by atoms with van der Waals surface area (Å²) in [5, 5.41) is 0. The molecule has 67 heavy (non-hydrogen) atoms. The Hall–Kier alpha value is -2.89. The summed E-state index contributed by atoms with van der Waals surface area (Å²) in [4.78, 5) is 38.1. The highest BCUT2D eigenvalue weighted by Gasteiger charge is 2.19. The van der Waals surface area contributed by atoms with Crippen molar-refractivity contribution in [2.75, 3.05) is 13.2 Å². The van der Waals surface area contributed by atoms with Gasteiger partial charge in [0, 0.05) is 19.3 Å². The summed E-state index contributed by atoms with van der Waals surface area (Å²) in [7, 11) is 0. The van der Waals surface area contributed by atoms with Crippen LogP contribution in [-0.4, -0.2) is 37.2 Å². The third-order valence-corrected chi connectivity index (χ3v) is 12.4. The van der Waals surface area contributed by atoms with Crippen molar-refractivity contribution in [1.82, 2.24) is 0 Å². The minimum absolute atomic E-state index is 0.0839. The number of esters is 3. The molecule has 388 valence electrons. The van der Waals surface area contributed by atoms with Crippen molar-refractivity contribution < 1.29 is 28.6 Å². The lowest BCUT2D eigenvalue weighted by atomic mass is 10.1. The van der Waals surface area contributed by atoms with E-state index in [9.17, 15) is 14.4 Å². The summed E-state index contributed by atoms with van der Waals surface area (Å²) >= 11 is 0. The van der Waals surface area contributed by atoms with E-state index in [-0.39, 0.29) is 31.1 Å². The molecule has 0 fully saturated rings. The number of carbonyl (C=O) groups excluding carboxylic acids is 3. The predicted octanol–water partition coefficient (Wildman–Crippen LogP) is 19.2. The molecule has 0 rings (SSSR count). The first-order valence-electron chi connectivity index (χ1n) is 28.8. The lowest BCUT2D eigenvalue weighted by molar-refractivity contribution is -0.167. The van der Waals surface area contributed by atoms with Gasteiger partial charge in [0.05, 0.1) is 0 Å². The van der Waals surface area contributed by atoms with Gasteiger partial charge in [-0.05, 0) is 103 Å². The second-order valence-electron chi connectivity index (χ2n) is 19.2. The second-order valence-corrected chi connectivity index (χ2v) is 19.2. The molecule has 0 amide bonds. The summed E-state index contributed by atoms with van der Waals surface area (Å²) in [6.07, 6.45) is 69.2. The van der Waals surface area contributed by atoms with Gasteiger partial charge in [-0.1, -0.05) is 229 Å². The zero-order valence-electron chi connectivity index (χ0n) is 44.4. The number of unbranched alkanes of at least 4 members (excludes halogenated alkanes) is 31. The summed E-state index contributed by atoms with van der Waals surface area (Å²) in [5.74, 6) is -0.900. The van der Waals surface area contributed by atoms with Gasteiger partial charge in [0.15, 0.2) is 6.10 Å². The van der Waals surface area contributed by atoms with E-state index >= 15 is 0 Å². The van der Waals surface area contributed by atoms with E-state index < -0.39 is 6.10 Å². The molecule has 6 heteroatoms. The van der Waals surface area contributed by atoms with Gasteiger partial charge < -0.3 is 14.2 Å². The maximum Gasteiger partial charge on any atom is 0.306 e. The smallest absolute Gasteiger partial charge is 0.306 e. The van der Waals surface area contributed by atoms with Crippen LogP contribution in [0.1, 0.15) is 290 Å². The maximum absolute atomic E-state index is 12.9. The highest BCUT2D eigenvalue weighted by Crippen LogP contribution is 2.15. The molecule has 1 atom stereocenters. The molecule has 0 N–H and O–H groups in total. The van der Waals surface area contributed by atoms with Crippen LogP contribution in [0.25, 0.3) is 0 Å². The molecule has 0 spiro atoms. The number of hydrogen-bond donors (Lipinski definition) is 0. The minimum Gasteiger partial charge on any atom is -0.462 e. The zero-order valence-corrected chi connectivity index (χ0v) is 44.4. The van der Waals surface area contributed by atoms with E-state index in [4.69, 9.17) is 14.2 Å². The number of rotatable bonds is 52. The summed E-state index contributed by atoms with van der Waals surface area (Å²) < 4.78 is 16.9. The molecule has 1 unspecified atom stereocenters. The molecule has 0 saturated heterocycles. The summed E-state index contributed by atoms with van der Waals surface area (Å²) in [5.41, 5.74) is 0. The summed E-state index contributed by atoms with van der Waals surface area (Å²) in [6.45, 7) is 6.56. The van der Waals surface area contributed by atoms with E-state index in [1.807, 2.05) is 0 Å². The predicted molar refractivity (Wildman–Crippen MR) is 288 cm³/mol. The molecule has 0 aliphatic rings. The van der Waals surface area contributed by atoms with E-state index in [0.717, 1.165) is 96.3 Å². The lowest BCUT2D eigenvalue weighted by Gasteiger charge is -2.18. The van der Waals surface area contributed by atoms with Crippen LogP contribution >= 0.6 is 0 Å². The van der Waals surface area contributed by atoms with Crippen molar-refractivity contribution >= 4 is 17.9 Å². The second kappa shape index (κ2) is 55.7. The number of ether oxygens (including phenoxy) is 3. The van der Waals surface area contributed by atoms with Gasteiger partial charge in [-0.2, -0.15) is 0 Å². The lowest BCUT2D eigenvalue weighted by Crippen LogP contribution is -2.30. The first kappa shape index (κ1) is 64.1. The van der Waals surface area contributed by atoms with E-state index in [2.05, 4.69) is 81.5 Å². The molecular formula is C61H108O6. The Balaban J connectivity index is 4.38. The Bertz CT molecular complexity index is 1210. The quantitative estimate of drug-likeness (QED) is 0.0262. The van der Waals surface area contributed by atoms with Gasteiger partial charge in [0.2, 0.25) is 0 Å². The van der Waals surface area contributed by atoms with Gasteiger partial charge in [0.25, 0.3) is 0 Å². The van der Waals surface area contributed by atoms with Crippen molar-refractivity contribution in [2.24, 2.45) is 0 Å². The molecule has 0 bridgehead atoms. The molecule has 0 radical (unpaired) electrons. The third kappa shape index (κ3) is 53.9. The van der Waals surface area contributed by atoms with E-state index in [1.165, 1.54) is 154 Å². The SMILES string of the molecule is CCC/C=C\C/C=C\CCCCCCCC(=O)OCC(COC(=O)CCCCCCCCC/C=C\C/C=C\CCCCCC)OC(=O)CCCCCCCCC/C=C\CCCCCCCCC. The van der Waals surface area contributed by atoms with E-state index in [0.29, 0.717) is 19.3 Å². The van der Waals surface area contributed by atoms with Crippen molar-refractivity contribution in [3.63, 3.8) is 0 Å². The number of hydrogen-bond acceptors (Lipinski definition) is 6. The largest absolute Gasteiger partial charge is 0.462 e. The first-order valence-corrected chi connectivity index (χ1v) is 28.8. The van der Waals surface area contributed by atoms with Gasteiger partial charge in [0.1, 0.15) is 13.2 Å². The van der Waals surface area contributed by atoms with Crippen LogP contribution < -0.4 is 0 Å². The van der Waals surface area contributed by atoms with Gasteiger partial charge in [-0.3, -0.25) is 14.4 Å². The van der Waals surface area contributed by atoms with Crippen molar-refractivity contribution in [1.29, 1.82) is 0 Å². The Morgan fingerprint density at radius 1 is 0.299 bits per heavy atom. The van der Waals surface area contributed by atoms with Gasteiger partial charge in [-0.25, -0.2) is 0 Å². The molecule has 0 saturated carbocycles. The average molecular weight is 938 g/mol. The van der Waals surface area contributed by atoms with Crippen molar-refractivity contribution in [3.05, 3.63) is 60.8 Å². The van der Waals surface area contributed by atoms with Gasteiger partial charge in [-0.15, -0.1) is 0 Å². The zero-order chi connectivity index (χ0) is 48.6. The van der Waals surface area contributed by atoms with Crippen LogP contribution in [0.4, 0.5) is 0 Å². The Labute approximate surface area is 415 Å².